The number of hydrogen-bond acceptors (Lipinski definition) is 11. The van der Waals surface area contributed by atoms with Crippen LogP contribution < -0.4 is 4.74 Å². The van der Waals surface area contributed by atoms with Gasteiger partial charge in [-0.15, -0.1) is 0 Å². The van der Waals surface area contributed by atoms with Crippen molar-refractivity contribution >= 4 is 39.3 Å². The summed E-state index contributed by atoms with van der Waals surface area (Å²) in [6.07, 6.45) is -2.39. The Hall–Kier alpha value is -3.88. The van der Waals surface area contributed by atoms with Gasteiger partial charge in [-0.1, -0.05) is 30.3 Å². The van der Waals surface area contributed by atoms with E-state index in [1.165, 1.54) is 55.5 Å². The van der Waals surface area contributed by atoms with E-state index in [2.05, 4.69) is 0 Å². The number of alkyl halides is 2. The van der Waals surface area contributed by atoms with Crippen molar-refractivity contribution in [3.05, 3.63) is 113 Å². The lowest BCUT2D eigenvalue weighted by molar-refractivity contribution is -0.00181. The highest BCUT2D eigenvalue weighted by molar-refractivity contribution is 7.93. The zero-order chi connectivity index (χ0) is 45.3. The molecule has 4 aromatic carbocycles. The van der Waals surface area contributed by atoms with E-state index in [9.17, 15) is 51.2 Å². The van der Waals surface area contributed by atoms with Crippen molar-refractivity contribution in [2.75, 3.05) is 25.7 Å². The van der Waals surface area contributed by atoms with Crippen molar-refractivity contribution in [3.8, 4) is 5.75 Å². The van der Waals surface area contributed by atoms with Crippen molar-refractivity contribution in [2.45, 2.75) is 107 Å². The first-order chi connectivity index (χ1) is 28.2. The van der Waals surface area contributed by atoms with Crippen LogP contribution >= 0.6 is 0 Å². The smallest absolute Gasteiger partial charge is 0.263 e. The Balaban J connectivity index is 0.000000231. The Kier molecular flexibility index (Phi) is 14.3. The maximum Gasteiger partial charge on any atom is 0.263 e. The summed E-state index contributed by atoms with van der Waals surface area (Å²) < 4.78 is 170. The third kappa shape index (κ3) is 10.7. The Morgan fingerprint density at radius 3 is 1.43 bits per heavy atom. The van der Waals surface area contributed by atoms with E-state index < -0.39 is 84.7 Å². The molecule has 0 aromatic heterocycles. The van der Waals surface area contributed by atoms with Crippen LogP contribution in [-0.4, -0.2) is 75.0 Å². The van der Waals surface area contributed by atoms with Gasteiger partial charge in [-0.2, -0.15) is 0 Å². The van der Waals surface area contributed by atoms with Crippen LogP contribution in [0.3, 0.4) is 0 Å². The van der Waals surface area contributed by atoms with Crippen molar-refractivity contribution < 1.29 is 65.4 Å². The van der Waals surface area contributed by atoms with Gasteiger partial charge < -0.3 is 14.2 Å². The minimum Gasteiger partial charge on any atom is -0.491 e. The minimum atomic E-state index is -4.03. The molecule has 2 aliphatic rings. The molecule has 334 valence electrons. The Morgan fingerprint density at radius 1 is 0.607 bits per heavy atom. The number of ether oxygens (including phenoxy) is 3. The van der Waals surface area contributed by atoms with Gasteiger partial charge in [0.2, 0.25) is 0 Å². The first kappa shape index (κ1) is 48.2. The van der Waals surface area contributed by atoms with Crippen LogP contribution in [-0.2, 0) is 48.8 Å². The van der Waals surface area contributed by atoms with Crippen LogP contribution in [0.25, 0.3) is 0 Å². The van der Waals surface area contributed by atoms with Crippen molar-refractivity contribution in [1.29, 1.82) is 0 Å². The predicted octanol–water partition coefficient (Wildman–Crippen LogP) is 8.35. The second kappa shape index (κ2) is 18.1. The molecule has 11 nitrogen and oxygen atoms in total. The molecule has 6 rings (SSSR count). The first-order valence-electron chi connectivity index (χ1n) is 19.0. The summed E-state index contributed by atoms with van der Waals surface area (Å²) in [7, 11) is -15.0. The molecule has 0 spiro atoms. The van der Waals surface area contributed by atoms with Crippen molar-refractivity contribution in [1.82, 2.24) is 0 Å². The molecule has 2 saturated heterocycles. The van der Waals surface area contributed by atoms with Gasteiger partial charge in [0.15, 0.2) is 39.3 Å². The van der Waals surface area contributed by atoms with Crippen LogP contribution in [0.2, 0.25) is 0 Å². The van der Waals surface area contributed by atoms with E-state index in [0.29, 0.717) is 5.75 Å². The maximum atomic E-state index is 14.7. The third-order valence-corrected chi connectivity index (χ3v) is 18.1. The zero-order valence-electron chi connectivity index (χ0n) is 34.3. The largest absolute Gasteiger partial charge is 0.491 e. The highest BCUT2D eigenvalue weighted by Crippen LogP contribution is 2.45. The van der Waals surface area contributed by atoms with Gasteiger partial charge in [0.25, 0.3) is 6.43 Å². The van der Waals surface area contributed by atoms with Crippen LogP contribution in [0.15, 0.2) is 105 Å². The second-order valence-corrected chi connectivity index (χ2v) is 24.9. The number of sulfone groups is 4. The highest BCUT2D eigenvalue weighted by atomic mass is 32.2. The summed E-state index contributed by atoms with van der Waals surface area (Å²) >= 11 is 0. The molecule has 4 aromatic rings. The number of rotatable bonds is 11. The van der Waals surface area contributed by atoms with E-state index in [0.717, 1.165) is 36.8 Å². The fourth-order valence-electron chi connectivity index (χ4n) is 7.20. The molecule has 0 amide bonds. The third-order valence-electron chi connectivity index (χ3n) is 10.8. The van der Waals surface area contributed by atoms with E-state index in [4.69, 9.17) is 14.2 Å². The van der Waals surface area contributed by atoms with Gasteiger partial charge in [0.05, 0.1) is 47.4 Å². The lowest BCUT2D eigenvalue weighted by Gasteiger charge is -2.38. The van der Waals surface area contributed by atoms with Gasteiger partial charge in [0.1, 0.15) is 17.4 Å². The molecule has 19 heteroatoms. The Morgan fingerprint density at radius 2 is 1.03 bits per heavy atom. The van der Waals surface area contributed by atoms with Gasteiger partial charge in [-0.3, -0.25) is 0 Å². The normalized spacial score (nSPS) is 22.7. The van der Waals surface area contributed by atoms with E-state index >= 15 is 0 Å². The molecular weight excluding hydrogens is 885 g/mol. The van der Waals surface area contributed by atoms with Gasteiger partial charge in [-0.05, 0) is 108 Å². The van der Waals surface area contributed by atoms with E-state index in [1.807, 2.05) is 13.8 Å². The van der Waals surface area contributed by atoms with E-state index in [-0.39, 0.29) is 75.7 Å². The summed E-state index contributed by atoms with van der Waals surface area (Å²) in [4.78, 5) is -0.418. The van der Waals surface area contributed by atoms with Gasteiger partial charge >= 0.3 is 0 Å². The topological polar surface area (TPSA) is 164 Å². The molecule has 0 radical (unpaired) electrons. The standard InChI is InChI=1S/C22H27FO6S2.C20H21F3O5S2/c1-15(2)29-16-6-5-7-18(12-16)31(26,27)22(3)10-11-28-21(14-22)19-9-8-17(13-20(19)23)30(4,24)25;1-20(30(26,27)15-5-3-4-13(10-15)19(22)23)8-9-28-18(12-20)16-7-6-14(11-17(16)21)29(2,24)25/h5-9,12-13,15,21H,10-11,14H2,1-4H3;3-7,10-11,18-19H,8-9,12H2,1-2H3. The average Bonchev–Trinajstić information content (AvgIpc) is 3.17. The fourth-order valence-corrected chi connectivity index (χ4v) is 12.1. The fraction of sp³-hybridized carbons (Fsp3) is 0.429. The van der Waals surface area contributed by atoms with E-state index in [1.54, 1.807) is 19.1 Å². The summed E-state index contributed by atoms with van der Waals surface area (Å²) in [6, 6.07) is 18.0. The van der Waals surface area contributed by atoms with Crippen LogP contribution in [0.1, 0.15) is 88.7 Å². The predicted molar refractivity (Wildman–Crippen MR) is 220 cm³/mol. The average molecular weight is 933 g/mol. The van der Waals surface area contributed by atoms with Crippen LogP contribution in [0, 0.1) is 11.6 Å². The molecule has 4 unspecified atom stereocenters. The molecule has 0 saturated carbocycles. The number of halogens is 4. The maximum absolute atomic E-state index is 14.7. The SMILES string of the molecule is CC(C)Oc1cccc(S(=O)(=O)C2(C)CCOC(c3ccc(S(C)(=O)=O)cc3F)C2)c1.CC1(S(=O)(=O)c2cccc(C(F)F)c2)CCOC(c2ccc(S(C)(=O)=O)cc2F)C1. The quantitative estimate of drug-likeness (QED) is 0.133. The summed E-state index contributed by atoms with van der Waals surface area (Å²) in [5.41, 5.74) is -0.207. The van der Waals surface area contributed by atoms with Crippen LogP contribution in [0.4, 0.5) is 17.6 Å². The molecular formula is C42H48F4O11S4. The molecule has 2 heterocycles. The summed E-state index contributed by atoms with van der Waals surface area (Å²) in [5, 5.41) is 0. The van der Waals surface area contributed by atoms with Crippen molar-refractivity contribution in [3.63, 3.8) is 0 Å². The molecule has 0 N–H and O–H groups in total. The molecule has 61 heavy (non-hydrogen) atoms. The second-order valence-electron chi connectivity index (χ2n) is 16.0. The highest BCUT2D eigenvalue weighted by Gasteiger charge is 2.47. The minimum absolute atomic E-state index is 0.0161. The van der Waals surface area contributed by atoms with Gasteiger partial charge in [0, 0.05) is 42.4 Å². The molecule has 0 aliphatic carbocycles. The lowest BCUT2D eigenvalue weighted by atomic mass is 9.92. The molecule has 4 atom stereocenters. The molecule has 2 fully saturated rings. The summed E-state index contributed by atoms with van der Waals surface area (Å²) in [6.45, 7) is 6.98. The monoisotopic (exact) mass is 932 g/mol. The summed E-state index contributed by atoms with van der Waals surface area (Å²) in [5.74, 6) is -1.09. The Bertz CT molecular complexity index is 2710. The molecule has 2 aliphatic heterocycles. The molecule has 0 bridgehead atoms. The van der Waals surface area contributed by atoms with Crippen LogP contribution in [0.5, 0.6) is 5.75 Å². The van der Waals surface area contributed by atoms with Gasteiger partial charge in [-0.25, -0.2) is 51.2 Å². The van der Waals surface area contributed by atoms with Crippen molar-refractivity contribution in [2.24, 2.45) is 0 Å². The number of hydrogen-bond donors (Lipinski definition) is 0. The zero-order valence-corrected chi connectivity index (χ0v) is 37.5. The number of benzene rings is 4. The lowest BCUT2D eigenvalue weighted by Crippen LogP contribution is -2.42. The first-order valence-corrected chi connectivity index (χ1v) is 25.8. The Labute approximate surface area is 355 Å².